The van der Waals surface area contributed by atoms with E-state index in [1.807, 2.05) is 81.2 Å². The number of hydrazine groups is 1. The number of methoxy groups -OCH3 is 2. The van der Waals surface area contributed by atoms with Crippen molar-refractivity contribution >= 4 is 39.4 Å². The average molecular weight is 475 g/mol. The van der Waals surface area contributed by atoms with Crippen LogP contribution in [0.25, 0.3) is 21.5 Å². The molecule has 182 valence electrons. The van der Waals surface area contributed by atoms with Crippen LogP contribution in [0.1, 0.15) is 39.3 Å². The third-order valence-corrected chi connectivity index (χ3v) is 6.40. The summed E-state index contributed by atoms with van der Waals surface area (Å²) in [6.45, 7) is 7.89. The van der Waals surface area contributed by atoms with Crippen LogP contribution in [-0.4, -0.2) is 54.2 Å². The van der Waals surface area contributed by atoms with Crippen molar-refractivity contribution in [2.45, 2.75) is 45.8 Å². The summed E-state index contributed by atoms with van der Waals surface area (Å²) in [4.78, 5) is 40.1. The smallest absolute Gasteiger partial charge is 0.344 e. The monoisotopic (exact) mass is 474 g/mol. The van der Waals surface area contributed by atoms with Gasteiger partial charge in [-0.1, -0.05) is 48.5 Å². The first-order valence-electron chi connectivity index (χ1n) is 11.7. The fraction of sp³-hybridized carbons (Fsp3) is 0.321. The maximum absolute atomic E-state index is 14.0. The Bertz CT molecular complexity index is 1300. The zero-order valence-corrected chi connectivity index (χ0v) is 20.9. The van der Waals surface area contributed by atoms with Crippen molar-refractivity contribution in [3.05, 3.63) is 71.3 Å². The lowest BCUT2D eigenvalue weighted by Crippen LogP contribution is -2.53. The van der Waals surface area contributed by atoms with Crippen molar-refractivity contribution in [1.82, 2.24) is 10.0 Å². The Morgan fingerprint density at radius 1 is 0.829 bits per heavy atom. The van der Waals surface area contributed by atoms with E-state index in [2.05, 4.69) is 6.07 Å². The Morgan fingerprint density at radius 3 is 1.77 bits per heavy atom. The van der Waals surface area contributed by atoms with Gasteiger partial charge in [0, 0.05) is 12.1 Å². The second-order valence-electron chi connectivity index (χ2n) is 9.12. The number of esters is 2. The van der Waals surface area contributed by atoms with E-state index in [0.717, 1.165) is 27.1 Å². The van der Waals surface area contributed by atoms with Gasteiger partial charge in [-0.05, 0) is 60.9 Å². The molecule has 1 unspecified atom stereocenters. The number of carbonyl (C=O) groups is 3. The lowest BCUT2D eigenvalue weighted by molar-refractivity contribution is -0.157. The van der Waals surface area contributed by atoms with E-state index in [-0.39, 0.29) is 23.2 Å². The molecule has 0 radical (unpaired) electrons. The lowest BCUT2D eigenvalue weighted by atomic mass is 9.88. The van der Waals surface area contributed by atoms with Crippen LogP contribution < -0.4 is 0 Å². The highest BCUT2D eigenvalue weighted by Gasteiger charge is 2.51. The molecule has 1 aliphatic rings. The Kier molecular flexibility index (Phi) is 6.63. The molecule has 1 heterocycles. The maximum atomic E-state index is 14.0. The quantitative estimate of drug-likeness (QED) is 0.296. The topological polar surface area (TPSA) is 76.2 Å². The van der Waals surface area contributed by atoms with Crippen LogP contribution in [0.3, 0.4) is 0 Å². The molecular formula is C28H30N2O5. The zero-order chi connectivity index (χ0) is 25.4. The predicted octanol–water partition coefficient (Wildman–Crippen LogP) is 4.55. The largest absolute Gasteiger partial charge is 0.466 e. The van der Waals surface area contributed by atoms with Crippen molar-refractivity contribution in [3.63, 3.8) is 0 Å². The number of carbonyl (C=O) groups excluding carboxylic acids is 3. The molecule has 1 amide bonds. The molecule has 0 saturated heterocycles. The molecule has 0 fully saturated rings. The highest BCUT2D eigenvalue weighted by atomic mass is 16.5. The minimum atomic E-state index is -0.884. The van der Waals surface area contributed by atoms with Crippen LogP contribution in [-0.2, 0) is 23.9 Å². The van der Waals surface area contributed by atoms with Crippen LogP contribution in [0.4, 0.5) is 0 Å². The van der Waals surface area contributed by atoms with E-state index in [1.54, 1.807) is 5.01 Å². The Labute approximate surface area is 204 Å². The van der Waals surface area contributed by atoms with Gasteiger partial charge in [-0.15, -0.1) is 0 Å². The number of amides is 1. The van der Waals surface area contributed by atoms with E-state index in [9.17, 15) is 14.4 Å². The van der Waals surface area contributed by atoms with E-state index in [4.69, 9.17) is 9.47 Å². The van der Waals surface area contributed by atoms with Gasteiger partial charge in [-0.25, -0.2) is 14.6 Å². The van der Waals surface area contributed by atoms with Gasteiger partial charge < -0.3 is 9.47 Å². The van der Waals surface area contributed by atoms with Crippen LogP contribution in [0.15, 0.2) is 65.7 Å². The first-order valence-corrected chi connectivity index (χ1v) is 11.7. The highest BCUT2D eigenvalue weighted by molar-refractivity contribution is 6.24. The molecule has 0 saturated carbocycles. The van der Waals surface area contributed by atoms with Crippen LogP contribution in [0.5, 0.6) is 0 Å². The maximum Gasteiger partial charge on any atom is 0.344 e. The number of nitrogens with zero attached hydrogens (tertiary/aromatic N) is 2. The summed E-state index contributed by atoms with van der Waals surface area (Å²) in [7, 11) is 2.45. The van der Waals surface area contributed by atoms with Crippen molar-refractivity contribution in [2.75, 3.05) is 14.2 Å². The number of ether oxygens (including phenoxy) is 2. The van der Waals surface area contributed by atoms with Crippen molar-refractivity contribution in [3.8, 4) is 0 Å². The standard InChI is InChI=1S/C28H30N2O5/c1-16(2)29(17(3)4)30-25(23(27(32)34-5)24(26(30)31)28(33)35-6)22-20-13-9-7-11-18(20)15-19-12-8-10-14-21(19)22/h7-17,25H,1-6H3. The zero-order valence-electron chi connectivity index (χ0n) is 20.9. The summed E-state index contributed by atoms with van der Waals surface area (Å²) in [6.07, 6.45) is 0. The molecule has 0 spiro atoms. The van der Waals surface area contributed by atoms with Gasteiger partial charge in [0.2, 0.25) is 0 Å². The minimum Gasteiger partial charge on any atom is -0.466 e. The molecule has 0 aromatic heterocycles. The first kappa shape index (κ1) is 24.4. The summed E-state index contributed by atoms with van der Waals surface area (Å²) >= 11 is 0. The third-order valence-electron chi connectivity index (χ3n) is 6.40. The molecule has 7 heteroatoms. The van der Waals surface area contributed by atoms with Gasteiger partial charge in [-0.2, -0.15) is 0 Å². The predicted molar refractivity (Wildman–Crippen MR) is 134 cm³/mol. The molecular weight excluding hydrogens is 444 g/mol. The second-order valence-corrected chi connectivity index (χ2v) is 9.12. The molecule has 1 aliphatic heterocycles. The summed E-state index contributed by atoms with van der Waals surface area (Å²) in [5, 5.41) is 7.14. The average Bonchev–Trinajstić information content (AvgIpc) is 3.13. The second kappa shape index (κ2) is 9.50. The lowest BCUT2D eigenvalue weighted by Gasteiger charge is -2.42. The van der Waals surface area contributed by atoms with E-state index in [0.29, 0.717) is 0 Å². The summed E-state index contributed by atoms with van der Waals surface area (Å²) in [5.41, 5.74) is 0.447. The molecule has 4 rings (SSSR count). The van der Waals surface area contributed by atoms with Gasteiger partial charge in [-0.3, -0.25) is 9.80 Å². The molecule has 0 N–H and O–H groups in total. The molecule has 0 bridgehead atoms. The fourth-order valence-corrected chi connectivity index (χ4v) is 5.17. The van der Waals surface area contributed by atoms with Crippen LogP contribution in [0.2, 0.25) is 0 Å². The SMILES string of the molecule is COC(=O)C1=C(C(=O)OC)C(c2c3ccccc3cc3ccccc23)N(N(C(C)C)C(C)C)C1=O. The normalized spacial score (nSPS) is 16.3. The number of hydrogen-bond donors (Lipinski definition) is 0. The number of benzene rings is 3. The molecule has 35 heavy (non-hydrogen) atoms. The van der Waals surface area contributed by atoms with Crippen molar-refractivity contribution in [1.29, 1.82) is 0 Å². The van der Waals surface area contributed by atoms with Crippen molar-refractivity contribution in [2.24, 2.45) is 0 Å². The van der Waals surface area contributed by atoms with E-state index >= 15 is 0 Å². The molecule has 3 aromatic rings. The van der Waals surface area contributed by atoms with Crippen LogP contribution >= 0.6 is 0 Å². The molecule has 0 aliphatic carbocycles. The van der Waals surface area contributed by atoms with Gasteiger partial charge in [0.05, 0.1) is 19.8 Å². The van der Waals surface area contributed by atoms with Gasteiger partial charge >= 0.3 is 11.9 Å². The Morgan fingerprint density at radius 2 is 1.31 bits per heavy atom. The minimum absolute atomic E-state index is 0.0165. The number of rotatable bonds is 6. The summed E-state index contributed by atoms with van der Waals surface area (Å²) in [5.74, 6) is -2.18. The van der Waals surface area contributed by atoms with Crippen LogP contribution in [0, 0.1) is 0 Å². The van der Waals surface area contributed by atoms with Crippen molar-refractivity contribution < 1.29 is 23.9 Å². The van der Waals surface area contributed by atoms with E-state index in [1.165, 1.54) is 14.2 Å². The number of fused-ring (bicyclic) bond motifs is 2. The molecule has 7 nitrogen and oxygen atoms in total. The van der Waals surface area contributed by atoms with Gasteiger partial charge in [0.1, 0.15) is 11.6 Å². The number of hydrogen-bond acceptors (Lipinski definition) is 6. The Balaban J connectivity index is 2.18. The fourth-order valence-electron chi connectivity index (χ4n) is 5.17. The summed E-state index contributed by atoms with van der Waals surface area (Å²) in [6, 6.07) is 16.7. The summed E-state index contributed by atoms with van der Waals surface area (Å²) < 4.78 is 10.1. The van der Waals surface area contributed by atoms with Gasteiger partial charge in [0.15, 0.2) is 0 Å². The molecule has 3 aromatic carbocycles. The third kappa shape index (κ3) is 3.96. The highest BCUT2D eigenvalue weighted by Crippen LogP contribution is 2.46. The Hall–Kier alpha value is -3.71. The van der Waals surface area contributed by atoms with Gasteiger partial charge in [0.25, 0.3) is 5.91 Å². The van der Waals surface area contributed by atoms with E-state index < -0.39 is 23.9 Å². The molecule has 1 atom stereocenters. The first-order chi connectivity index (χ1) is 16.7.